The van der Waals surface area contributed by atoms with Gasteiger partial charge in [0, 0.05) is 6.92 Å². The number of esters is 1. The Morgan fingerprint density at radius 2 is 1.43 bits per heavy atom. The van der Waals surface area contributed by atoms with Crippen molar-refractivity contribution in [3.8, 4) is 22.6 Å². The molecule has 0 saturated carbocycles. The largest absolute Gasteiger partial charge is 0.490 e. The molecule has 2 aromatic rings. The highest BCUT2D eigenvalue weighted by Gasteiger charge is 2.24. The number of aliphatic hydroxyl groups excluding tert-OH is 1. The van der Waals surface area contributed by atoms with Gasteiger partial charge >= 0.3 is 5.97 Å². The Morgan fingerprint density at radius 3 is 1.87 bits per heavy atom. The first-order valence-electron chi connectivity index (χ1n) is 10.2. The Balaban J connectivity index is 1.73. The quantitative estimate of drug-likeness (QED) is 0.498. The SMILES string of the molecule is CC(=O)OCC(O)COc1c(C)cc(-c2cc(C)c(OCC3CO3)c(C)c2)cc1C. The van der Waals surface area contributed by atoms with Gasteiger partial charge in [-0.15, -0.1) is 0 Å². The molecule has 0 radical (unpaired) electrons. The molecular weight excluding hydrogens is 384 g/mol. The van der Waals surface area contributed by atoms with Gasteiger partial charge in [0.05, 0.1) is 6.61 Å². The van der Waals surface area contributed by atoms with Crippen LogP contribution in [0.2, 0.25) is 0 Å². The van der Waals surface area contributed by atoms with E-state index in [1.165, 1.54) is 6.92 Å². The summed E-state index contributed by atoms with van der Waals surface area (Å²) in [5, 5.41) is 9.92. The van der Waals surface area contributed by atoms with Crippen LogP contribution in [0.15, 0.2) is 24.3 Å². The molecule has 2 atom stereocenters. The average molecular weight is 414 g/mol. The predicted octanol–water partition coefficient (Wildman–Crippen LogP) is 3.67. The molecule has 30 heavy (non-hydrogen) atoms. The maximum atomic E-state index is 10.9. The van der Waals surface area contributed by atoms with Crippen molar-refractivity contribution in [1.82, 2.24) is 0 Å². The van der Waals surface area contributed by atoms with Gasteiger partial charge in [0.15, 0.2) is 0 Å². The van der Waals surface area contributed by atoms with Crippen LogP contribution in [0, 0.1) is 27.7 Å². The molecule has 1 aliphatic heterocycles. The number of ether oxygens (including phenoxy) is 4. The van der Waals surface area contributed by atoms with E-state index in [0.717, 1.165) is 51.5 Å². The number of rotatable bonds is 9. The normalized spacial score (nSPS) is 16.1. The molecule has 2 aromatic carbocycles. The molecule has 1 saturated heterocycles. The topological polar surface area (TPSA) is 77.5 Å². The summed E-state index contributed by atoms with van der Waals surface area (Å²) in [6.45, 7) is 10.7. The molecule has 0 spiro atoms. The molecule has 1 heterocycles. The summed E-state index contributed by atoms with van der Waals surface area (Å²) in [7, 11) is 0. The zero-order valence-corrected chi connectivity index (χ0v) is 18.3. The Morgan fingerprint density at radius 1 is 0.967 bits per heavy atom. The van der Waals surface area contributed by atoms with Crippen molar-refractivity contribution in [2.24, 2.45) is 0 Å². The zero-order valence-electron chi connectivity index (χ0n) is 18.3. The van der Waals surface area contributed by atoms with Crippen molar-refractivity contribution in [2.75, 3.05) is 26.4 Å². The second kappa shape index (κ2) is 9.49. The fourth-order valence-corrected chi connectivity index (χ4v) is 3.47. The van der Waals surface area contributed by atoms with Gasteiger partial charge in [-0.25, -0.2) is 0 Å². The van der Waals surface area contributed by atoms with E-state index >= 15 is 0 Å². The van der Waals surface area contributed by atoms with Crippen LogP contribution in [0.5, 0.6) is 11.5 Å². The highest BCUT2D eigenvalue weighted by molar-refractivity contribution is 5.70. The van der Waals surface area contributed by atoms with Crippen molar-refractivity contribution >= 4 is 5.97 Å². The van der Waals surface area contributed by atoms with E-state index in [1.807, 2.05) is 13.8 Å². The van der Waals surface area contributed by atoms with E-state index in [9.17, 15) is 9.90 Å². The zero-order chi connectivity index (χ0) is 21.8. The summed E-state index contributed by atoms with van der Waals surface area (Å²) in [4.78, 5) is 10.9. The van der Waals surface area contributed by atoms with Crippen LogP contribution in [0.3, 0.4) is 0 Å². The van der Waals surface area contributed by atoms with Crippen molar-refractivity contribution in [3.05, 3.63) is 46.5 Å². The molecule has 0 aromatic heterocycles. The third-order valence-corrected chi connectivity index (χ3v) is 4.97. The molecular formula is C24H30O6. The number of hydrogen-bond donors (Lipinski definition) is 1. The number of aryl methyl sites for hydroxylation is 4. The van der Waals surface area contributed by atoms with Gasteiger partial charge in [-0.05, 0) is 85.3 Å². The van der Waals surface area contributed by atoms with E-state index in [-0.39, 0.29) is 19.3 Å². The third-order valence-electron chi connectivity index (χ3n) is 4.97. The van der Waals surface area contributed by atoms with Gasteiger partial charge in [0.1, 0.15) is 43.5 Å². The molecule has 0 amide bonds. The maximum absolute atomic E-state index is 10.9. The molecule has 0 bridgehead atoms. The fraction of sp³-hybridized carbons (Fsp3) is 0.458. The van der Waals surface area contributed by atoms with Gasteiger partial charge in [-0.2, -0.15) is 0 Å². The minimum Gasteiger partial charge on any atom is -0.490 e. The number of carbonyl (C=O) groups excluding carboxylic acids is 1. The van der Waals surface area contributed by atoms with Crippen molar-refractivity contribution in [1.29, 1.82) is 0 Å². The minimum atomic E-state index is -0.869. The van der Waals surface area contributed by atoms with Gasteiger partial charge in [0.25, 0.3) is 0 Å². The summed E-state index contributed by atoms with van der Waals surface area (Å²) in [6.07, 6.45) is -0.639. The number of aliphatic hydroxyl groups is 1. The third kappa shape index (κ3) is 5.74. The summed E-state index contributed by atoms with van der Waals surface area (Å²) >= 11 is 0. The van der Waals surface area contributed by atoms with E-state index in [4.69, 9.17) is 18.9 Å². The molecule has 2 unspecified atom stereocenters. The minimum absolute atomic E-state index is 0.0588. The maximum Gasteiger partial charge on any atom is 0.302 e. The van der Waals surface area contributed by atoms with Gasteiger partial charge in [-0.1, -0.05) is 0 Å². The average Bonchev–Trinajstić information content (AvgIpc) is 3.49. The van der Waals surface area contributed by atoms with E-state index in [2.05, 4.69) is 38.1 Å². The molecule has 0 aliphatic carbocycles. The lowest BCUT2D eigenvalue weighted by molar-refractivity contribution is -0.144. The number of epoxide rings is 1. The Kier molecular flexibility index (Phi) is 7.00. The van der Waals surface area contributed by atoms with Crippen LogP contribution in [0.1, 0.15) is 29.2 Å². The molecule has 1 N–H and O–H groups in total. The summed E-state index contributed by atoms with van der Waals surface area (Å²) in [5.74, 6) is 1.23. The lowest BCUT2D eigenvalue weighted by Gasteiger charge is -2.18. The van der Waals surface area contributed by atoms with E-state index in [1.54, 1.807) is 0 Å². The number of hydrogen-bond acceptors (Lipinski definition) is 6. The van der Waals surface area contributed by atoms with Crippen LogP contribution >= 0.6 is 0 Å². The second-order valence-corrected chi connectivity index (χ2v) is 7.91. The van der Waals surface area contributed by atoms with Gasteiger partial charge in [0.2, 0.25) is 0 Å². The highest BCUT2D eigenvalue weighted by atomic mass is 16.6. The fourth-order valence-electron chi connectivity index (χ4n) is 3.47. The van der Waals surface area contributed by atoms with E-state index < -0.39 is 12.1 Å². The lowest BCUT2D eigenvalue weighted by atomic mass is 9.96. The number of carbonyl (C=O) groups is 1. The Hall–Kier alpha value is -2.57. The standard InChI is InChI=1S/C24H30O6/c1-14-6-19(7-15(2)23(14)29-11-21(26)10-27-18(5)25)20-8-16(3)24(17(4)9-20)30-13-22-12-28-22/h6-9,21-22,26H,10-13H2,1-5H3. The summed E-state index contributed by atoms with van der Waals surface area (Å²) < 4.78 is 21.8. The van der Waals surface area contributed by atoms with Crippen molar-refractivity contribution < 1.29 is 28.8 Å². The molecule has 1 aliphatic rings. The first kappa shape index (κ1) is 22.1. The first-order chi connectivity index (χ1) is 14.2. The van der Waals surface area contributed by atoms with Gasteiger partial charge < -0.3 is 24.1 Å². The van der Waals surface area contributed by atoms with Gasteiger partial charge in [-0.3, -0.25) is 4.79 Å². The first-order valence-corrected chi connectivity index (χ1v) is 10.2. The van der Waals surface area contributed by atoms with E-state index in [0.29, 0.717) is 6.61 Å². The Bertz CT molecular complexity index is 870. The second-order valence-electron chi connectivity index (χ2n) is 7.91. The summed E-state index contributed by atoms with van der Waals surface area (Å²) in [6, 6.07) is 8.42. The van der Waals surface area contributed by atoms with Crippen LogP contribution < -0.4 is 9.47 Å². The van der Waals surface area contributed by atoms with Crippen LogP contribution in [0.4, 0.5) is 0 Å². The van der Waals surface area contributed by atoms with Crippen molar-refractivity contribution in [3.63, 3.8) is 0 Å². The molecule has 6 heteroatoms. The molecule has 1 fully saturated rings. The monoisotopic (exact) mass is 414 g/mol. The van der Waals surface area contributed by atoms with Crippen LogP contribution in [-0.4, -0.2) is 49.7 Å². The van der Waals surface area contributed by atoms with Crippen LogP contribution in [-0.2, 0) is 14.3 Å². The highest BCUT2D eigenvalue weighted by Crippen LogP contribution is 2.34. The van der Waals surface area contributed by atoms with Crippen LogP contribution in [0.25, 0.3) is 11.1 Å². The lowest BCUT2D eigenvalue weighted by Crippen LogP contribution is -2.25. The molecule has 3 rings (SSSR count). The Labute approximate surface area is 177 Å². The molecule has 6 nitrogen and oxygen atoms in total. The van der Waals surface area contributed by atoms with Crippen molar-refractivity contribution in [2.45, 2.75) is 46.8 Å². The summed E-state index contributed by atoms with van der Waals surface area (Å²) in [5.41, 5.74) is 6.36. The number of benzene rings is 2. The predicted molar refractivity (Wildman–Crippen MR) is 114 cm³/mol. The smallest absolute Gasteiger partial charge is 0.302 e. The molecule has 162 valence electrons.